The average molecular weight is 174 g/mol. The molecule has 0 bridgehead atoms. The van der Waals surface area contributed by atoms with Crippen LogP contribution in [0, 0.1) is 19.8 Å². The number of nitrogens with one attached hydrogen (secondary N) is 1. The smallest absolute Gasteiger partial charge is 0.0494 e. The Balaban J connectivity index is 2.57. The van der Waals surface area contributed by atoms with Crippen LogP contribution in [-0.2, 0) is 6.42 Å². The van der Waals surface area contributed by atoms with Crippen molar-refractivity contribution in [2.24, 2.45) is 5.92 Å². The van der Waals surface area contributed by atoms with E-state index >= 15 is 0 Å². The van der Waals surface area contributed by atoms with Gasteiger partial charge in [0.15, 0.2) is 0 Å². The third-order valence-corrected chi connectivity index (χ3v) is 3.08. The summed E-state index contributed by atoms with van der Waals surface area (Å²) in [5, 5.41) is 0. The second-order valence-electron chi connectivity index (χ2n) is 4.31. The molecule has 1 aliphatic rings. The Bertz CT molecular complexity index is 341. The van der Waals surface area contributed by atoms with Crippen LogP contribution in [0.2, 0.25) is 0 Å². The molecule has 0 saturated heterocycles. The SMILES string of the molecule is Cc1cc(C)c2c(c1)[C@H]([NH])[C@@H](C)C2. The first kappa shape index (κ1) is 8.76. The van der Waals surface area contributed by atoms with Crippen LogP contribution in [-0.4, -0.2) is 0 Å². The zero-order chi connectivity index (χ0) is 9.59. The van der Waals surface area contributed by atoms with Gasteiger partial charge < -0.3 is 0 Å². The van der Waals surface area contributed by atoms with Crippen molar-refractivity contribution in [2.75, 3.05) is 0 Å². The molecule has 0 fully saturated rings. The Morgan fingerprint density at radius 2 is 2.00 bits per heavy atom. The Morgan fingerprint density at radius 1 is 1.31 bits per heavy atom. The van der Waals surface area contributed by atoms with Gasteiger partial charge in [0, 0.05) is 6.04 Å². The summed E-state index contributed by atoms with van der Waals surface area (Å²) in [6.07, 6.45) is 1.09. The molecule has 1 radical (unpaired) electrons. The average Bonchev–Trinajstić information content (AvgIpc) is 2.32. The van der Waals surface area contributed by atoms with Gasteiger partial charge in [0.2, 0.25) is 0 Å². The van der Waals surface area contributed by atoms with E-state index in [4.69, 9.17) is 5.73 Å². The third-order valence-electron chi connectivity index (χ3n) is 3.08. The standard InChI is InChI=1S/C12H16N/c1-7-4-8(2)10-6-9(3)12(13)11(10)5-7/h4-5,9,12-13H,6H2,1-3H3/t9-,12+/m0/s1. The molecule has 0 heterocycles. The van der Waals surface area contributed by atoms with Crippen molar-refractivity contribution in [3.63, 3.8) is 0 Å². The first-order valence-electron chi connectivity index (χ1n) is 4.90. The van der Waals surface area contributed by atoms with Gasteiger partial charge in [-0.15, -0.1) is 0 Å². The van der Waals surface area contributed by atoms with Crippen LogP contribution in [0.5, 0.6) is 0 Å². The molecule has 13 heavy (non-hydrogen) atoms. The van der Waals surface area contributed by atoms with E-state index in [1.165, 1.54) is 22.3 Å². The van der Waals surface area contributed by atoms with E-state index in [9.17, 15) is 0 Å². The summed E-state index contributed by atoms with van der Waals surface area (Å²) in [5.41, 5.74) is 13.4. The molecular formula is C12H16N. The molecule has 1 aliphatic carbocycles. The molecule has 1 N–H and O–H groups in total. The highest BCUT2D eigenvalue weighted by Gasteiger charge is 2.27. The third kappa shape index (κ3) is 1.28. The number of benzene rings is 1. The molecule has 0 saturated carbocycles. The van der Waals surface area contributed by atoms with Crippen LogP contribution in [0.3, 0.4) is 0 Å². The minimum atomic E-state index is 0.00796. The first-order valence-corrected chi connectivity index (χ1v) is 4.90. The van der Waals surface area contributed by atoms with Crippen LogP contribution in [0.15, 0.2) is 12.1 Å². The lowest BCUT2D eigenvalue weighted by molar-refractivity contribution is 0.500. The fraction of sp³-hybridized carbons (Fsp3) is 0.500. The number of aryl methyl sites for hydroxylation is 2. The fourth-order valence-electron chi connectivity index (χ4n) is 2.33. The second-order valence-corrected chi connectivity index (χ2v) is 4.31. The van der Waals surface area contributed by atoms with Gasteiger partial charge in [0.1, 0.15) is 0 Å². The maximum Gasteiger partial charge on any atom is 0.0494 e. The molecule has 69 valence electrons. The zero-order valence-electron chi connectivity index (χ0n) is 8.52. The van der Waals surface area contributed by atoms with E-state index in [0.29, 0.717) is 5.92 Å². The van der Waals surface area contributed by atoms with E-state index in [-0.39, 0.29) is 6.04 Å². The van der Waals surface area contributed by atoms with Gasteiger partial charge in [-0.3, -0.25) is 0 Å². The molecule has 1 nitrogen and oxygen atoms in total. The summed E-state index contributed by atoms with van der Waals surface area (Å²) in [6.45, 7) is 6.45. The van der Waals surface area contributed by atoms with Crippen molar-refractivity contribution in [3.05, 3.63) is 34.4 Å². The number of fused-ring (bicyclic) bond motifs is 1. The maximum atomic E-state index is 8.01. The van der Waals surface area contributed by atoms with Crippen molar-refractivity contribution < 1.29 is 0 Å². The molecule has 2 atom stereocenters. The minimum absolute atomic E-state index is 0.00796. The molecule has 1 heteroatoms. The Hall–Kier alpha value is -0.820. The molecule has 0 unspecified atom stereocenters. The fourth-order valence-corrected chi connectivity index (χ4v) is 2.33. The summed E-state index contributed by atoms with van der Waals surface area (Å²) in [4.78, 5) is 0. The lowest BCUT2D eigenvalue weighted by Crippen LogP contribution is -2.03. The summed E-state index contributed by atoms with van der Waals surface area (Å²) >= 11 is 0. The van der Waals surface area contributed by atoms with Gasteiger partial charge in [-0.05, 0) is 42.9 Å². The predicted molar refractivity (Wildman–Crippen MR) is 54.6 cm³/mol. The van der Waals surface area contributed by atoms with Crippen molar-refractivity contribution >= 4 is 0 Å². The second kappa shape index (κ2) is 2.85. The zero-order valence-corrected chi connectivity index (χ0v) is 8.52. The molecule has 0 aromatic heterocycles. The topological polar surface area (TPSA) is 23.8 Å². The van der Waals surface area contributed by atoms with Crippen LogP contribution >= 0.6 is 0 Å². The van der Waals surface area contributed by atoms with Gasteiger partial charge in [-0.25, -0.2) is 5.73 Å². The highest BCUT2D eigenvalue weighted by molar-refractivity contribution is 5.43. The molecule has 0 aliphatic heterocycles. The first-order chi connectivity index (χ1) is 6.09. The van der Waals surface area contributed by atoms with Crippen molar-refractivity contribution in [1.82, 2.24) is 5.73 Å². The highest BCUT2D eigenvalue weighted by Crippen LogP contribution is 2.37. The minimum Gasteiger partial charge on any atom is -0.249 e. The van der Waals surface area contributed by atoms with Gasteiger partial charge in [-0.1, -0.05) is 24.6 Å². The summed E-state index contributed by atoms with van der Waals surface area (Å²) in [7, 11) is 0. The van der Waals surface area contributed by atoms with Crippen LogP contribution in [0.1, 0.15) is 35.2 Å². The largest absolute Gasteiger partial charge is 0.249 e. The van der Waals surface area contributed by atoms with Crippen LogP contribution in [0.4, 0.5) is 0 Å². The number of hydrogen-bond acceptors (Lipinski definition) is 0. The quantitative estimate of drug-likeness (QED) is 0.577. The molecule has 1 aromatic rings. The van der Waals surface area contributed by atoms with Gasteiger partial charge >= 0.3 is 0 Å². The van der Waals surface area contributed by atoms with Crippen LogP contribution < -0.4 is 5.73 Å². The van der Waals surface area contributed by atoms with E-state index < -0.39 is 0 Å². The van der Waals surface area contributed by atoms with E-state index in [1.807, 2.05) is 0 Å². The van der Waals surface area contributed by atoms with E-state index in [2.05, 4.69) is 32.9 Å². The summed E-state index contributed by atoms with van der Waals surface area (Å²) in [5.74, 6) is 0.496. The number of rotatable bonds is 0. The monoisotopic (exact) mass is 174 g/mol. The summed E-state index contributed by atoms with van der Waals surface area (Å²) < 4.78 is 0. The van der Waals surface area contributed by atoms with Crippen molar-refractivity contribution in [3.8, 4) is 0 Å². The number of hydrogen-bond donors (Lipinski definition) is 0. The Kier molecular flexibility index (Phi) is 1.92. The van der Waals surface area contributed by atoms with Crippen molar-refractivity contribution in [1.29, 1.82) is 0 Å². The van der Waals surface area contributed by atoms with Gasteiger partial charge in [0.05, 0.1) is 0 Å². The van der Waals surface area contributed by atoms with Crippen molar-refractivity contribution in [2.45, 2.75) is 33.2 Å². The maximum absolute atomic E-state index is 8.01. The Morgan fingerprint density at radius 3 is 2.69 bits per heavy atom. The van der Waals surface area contributed by atoms with Gasteiger partial charge in [0.25, 0.3) is 0 Å². The highest BCUT2D eigenvalue weighted by atomic mass is 14.7. The molecule has 0 amide bonds. The lowest BCUT2D eigenvalue weighted by atomic mass is 10.0. The summed E-state index contributed by atoms with van der Waals surface area (Å²) in [6, 6.07) is 4.42. The molecule has 0 spiro atoms. The predicted octanol–water partition coefficient (Wildman–Crippen LogP) is 2.82. The normalized spacial score (nSPS) is 26.2. The lowest BCUT2D eigenvalue weighted by Gasteiger charge is -2.09. The van der Waals surface area contributed by atoms with Crippen LogP contribution in [0.25, 0.3) is 0 Å². The van der Waals surface area contributed by atoms with Gasteiger partial charge in [-0.2, -0.15) is 0 Å². The molecule has 1 aromatic carbocycles. The van der Waals surface area contributed by atoms with E-state index in [1.54, 1.807) is 0 Å². The molecular weight excluding hydrogens is 158 g/mol. The van der Waals surface area contributed by atoms with E-state index in [0.717, 1.165) is 6.42 Å². The Labute approximate surface area is 80.0 Å². The molecule has 2 rings (SSSR count).